The molecular formula is C13H15F4NO. The number of hydrogen-bond acceptors (Lipinski definition) is 1. The van der Waals surface area contributed by atoms with Crippen LogP contribution in [0.3, 0.4) is 0 Å². The van der Waals surface area contributed by atoms with E-state index in [0.717, 1.165) is 6.42 Å². The minimum atomic E-state index is -4.60. The maximum atomic E-state index is 13.4. The number of benzene rings is 1. The third-order valence-corrected chi connectivity index (χ3v) is 2.64. The lowest BCUT2D eigenvalue weighted by molar-refractivity contribution is -0.137. The van der Waals surface area contributed by atoms with Crippen LogP contribution in [0.5, 0.6) is 0 Å². The van der Waals surface area contributed by atoms with E-state index in [4.69, 9.17) is 0 Å². The van der Waals surface area contributed by atoms with Gasteiger partial charge in [-0.2, -0.15) is 13.2 Å². The van der Waals surface area contributed by atoms with E-state index in [1.165, 1.54) is 0 Å². The monoisotopic (exact) mass is 277 g/mol. The first-order valence-electron chi connectivity index (χ1n) is 5.93. The third-order valence-electron chi connectivity index (χ3n) is 2.64. The SMILES string of the molecule is CCCC(C)NC(=O)c1cc(C(F)(F)F)ccc1F. The van der Waals surface area contributed by atoms with Crippen LogP contribution in [0.25, 0.3) is 0 Å². The van der Waals surface area contributed by atoms with Gasteiger partial charge in [-0.3, -0.25) is 4.79 Å². The summed E-state index contributed by atoms with van der Waals surface area (Å²) in [6.45, 7) is 3.63. The van der Waals surface area contributed by atoms with E-state index >= 15 is 0 Å². The van der Waals surface area contributed by atoms with Crippen molar-refractivity contribution >= 4 is 5.91 Å². The normalized spacial score (nSPS) is 13.2. The molecule has 1 unspecified atom stereocenters. The highest BCUT2D eigenvalue weighted by Gasteiger charge is 2.32. The first-order valence-corrected chi connectivity index (χ1v) is 5.93. The maximum absolute atomic E-state index is 13.4. The summed E-state index contributed by atoms with van der Waals surface area (Å²) < 4.78 is 50.9. The van der Waals surface area contributed by atoms with Crippen LogP contribution < -0.4 is 5.32 Å². The lowest BCUT2D eigenvalue weighted by Gasteiger charge is -2.14. The molecule has 1 N–H and O–H groups in total. The lowest BCUT2D eigenvalue weighted by atomic mass is 10.1. The van der Waals surface area contributed by atoms with Gasteiger partial charge >= 0.3 is 6.18 Å². The second-order valence-electron chi connectivity index (χ2n) is 4.36. The Labute approximate surface area is 108 Å². The van der Waals surface area contributed by atoms with Crippen molar-refractivity contribution in [1.82, 2.24) is 5.32 Å². The maximum Gasteiger partial charge on any atom is 0.416 e. The molecule has 0 saturated carbocycles. The average Bonchev–Trinajstić information content (AvgIpc) is 2.27. The molecular weight excluding hydrogens is 262 g/mol. The summed E-state index contributed by atoms with van der Waals surface area (Å²) in [6.07, 6.45) is -3.11. The Morgan fingerprint density at radius 3 is 2.53 bits per heavy atom. The zero-order chi connectivity index (χ0) is 14.6. The van der Waals surface area contributed by atoms with E-state index in [0.29, 0.717) is 24.6 Å². The Morgan fingerprint density at radius 1 is 1.37 bits per heavy atom. The van der Waals surface area contributed by atoms with E-state index < -0.39 is 29.0 Å². The average molecular weight is 277 g/mol. The number of rotatable bonds is 4. The number of carbonyl (C=O) groups is 1. The summed E-state index contributed by atoms with van der Waals surface area (Å²) >= 11 is 0. The summed E-state index contributed by atoms with van der Waals surface area (Å²) in [5.41, 5.74) is -1.63. The van der Waals surface area contributed by atoms with Crippen molar-refractivity contribution in [3.05, 3.63) is 35.1 Å². The molecule has 1 amide bonds. The van der Waals surface area contributed by atoms with Crippen molar-refractivity contribution in [3.8, 4) is 0 Å². The highest BCUT2D eigenvalue weighted by atomic mass is 19.4. The fraction of sp³-hybridized carbons (Fsp3) is 0.462. The number of halogens is 4. The Kier molecular flexibility index (Phi) is 4.91. The molecule has 0 aliphatic carbocycles. The highest BCUT2D eigenvalue weighted by molar-refractivity contribution is 5.94. The van der Waals surface area contributed by atoms with Crippen molar-refractivity contribution < 1.29 is 22.4 Å². The van der Waals surface area contributed by atoms with Crippen LogP contribution in [-0.4, -0.2) is 11.9 Å². The molecule has 1 rings (SSSR count). The van der Waals surface area contributed by atoms with Gasteiger partial charge in [0.1, 0.15) is 5.82 Å². The summed E-state index contributed by atoms with van der Waals surface area (Å²) in [5, 5.41) is 2.47. The molecule has 0 fully saturated rings. The van der Waals surface area contributed by atoms with Crippen molar-refractivity contribution in [2.75, 3.05) is 0 Å². The van der Waals surface area contributed by atoms with Crippen LogP contribution in [0, 0.1) is 5.82 Å². The predicted octanol–water partition coefficient (Wildman–Crippen LogP) is 3.76. The summed E-state index contributed by atoms with van der Waals surface area (Å²) in [6, 6.07) is 1.58. The minimum Gasteiger partial charge on any atom is -0.349 e. The van der Waals surface area contributed by atoms with Gasteiger partial charge in [-0.1, -0.05) is 13.3 Å². The van der Waals surface area contributed by atoms with Crippen molar-refractivity contribution in [1.29, 1.82) is 0 Å². The Balaban J connectivity index is 2.96. The molecule has 0 aliphatic rings. The molecule has 0 aromatic heterocycles. The fourth-order valence-corrected chi connectivity index (χ4v) is 1.68. The van der Waals surface area contributed by atoms with Gasteiger partial charge in [0, 0.05) is 6.04 Å². The van der Waals surface area contributed by atoms with Crippen LogP contribution in [-0.2, 0) is 6.18 Å². The van der Waals surface area contributed by atoms with Gasteiger partial charge in [0.15, 0.2) is 0 Å². The smallest absolute Gasteiger partial charge is 0.349 e. The number of alkyl halides is 3. The zero-order valence-corrected chi connectivity index (χ0v) is 10.6. The molecule has 0 radical (unpaired) electrons. The van der Waals surface area contributed by atoms with Gasteiger partial charge in [-0.15, -0.1) is 0 Å². The molecule has 2 nitrogen and oxygen atoms in total. The van der Waals surface area contributed by atoms with Crippen molar-refractivity contribution in [2.24, 2.45) is 0 Å². The molecule has 1 atom stereocenters. The van der Waals surface area contributed by atoms with Gasteiger partial charge in [-0.05, 0) is 31.5 Å². The standard InChI is InChI=1S/C13H15F4NO/c1-3-4-8(2)18-12(19)10-7-9(13(15,16)17)5-6-11(10)14/h5-8H,3-4H2,1-2H3,(H,18,19). The molecule has 1 aromatic rings. The van der Waals surface area contributed by atoms with E-state index in [1.54, 1.807) is 6.92 Å². The van der Waals surface area contributed by atoms with Crippen LogP contribution >= 0.6 is 0 Å². The Hall–Kier alpha value is -1.59. The van der Waals surface area contributed by atoms with Gasteiger partial charge < -0.3 is 5.32 Å². The van der Waals surface area contributed by atoms with E-state index in [9.17, 15) is 22.4 Å². The number of hydrogen-bond donors (Lipinski definition) is 1. The van der Waals surface area contributed by atoms with Crippen molar-refractivity contribution in [2.45, 2.75) is 38.9 Å². The van der Waals surface area contributed by atoms with E-state index in [2.05, 4.69) is 5.32 Å². The molecule has 0 heterocycles. The van der Waals surface area contributed by atoms with Gasteiger partial charge in [0.2, 0.25) is 0 Å². The first kappa shape index (κ1) is 15.5. The van der Waals surface area contributed by atoms with Crippen molar-refractivity contribution in [3.63, 3.8) is 0 Å². The Bertz CT molecular complexity index is 456. The molecule has 1 aromatic carbocycles. The second-order valence-corrected chi connectivity index (χ2v) is 4.36. The summed E-state index contributed by atoms with van der Waals surface area (Å²) in [7, 11) is 0. The zero-order valence-electron chi connectivity index (χ0n) is 10.6. The second kappa shape index (κ2) is 6.04. The molecule has 0 spiro atoms. The molecule has 19 heavy (non-hydrogen) atoms. The Morgan fingerprint density at radius 2 is 2.00 bits per heavy atom. The van der Waals surface area contributed by atoms with Gasteiger partial charge in [0.25, 0.3) is 5.91 Å². The van der Waals surface area contributed by atoms with Crippen LogP contribution in [0.15, 0.2) is 18.2 Å². The van der Waals surface area contributed by atoms with Crippen LogP contribution in [0.4, 0.5) is 17.6 Å². The fourth-order valence-electron chi connectivity index (χ4n) is 1.68. The summed E-state index contributed by atoms with van der Waals surface area (Å²) in [4.78, 5) is 11.7. The molecule has 0 bridgehead atoms. The number of nitrogens with one attached hydrogen (secondary N) is 1. The van der Waals surface area contributed by atoms with Crippen LogP contribution in [0.2, 0.25) is 0 Å². The highest BCUT2D eigenvalue weighted by Crippen LogP contribution is 2.30. The molecule has 0 aliphatic heterocycles. The lowest BCUT2D eigenvalue weighted by Crippen LogP contribution is -2.33. The third kappa shape index (κ3) is 4.22. The van der Waals surface area contributed by atoms with Crippen LogP contribution in [0.1, 0.15) is 42.6 Å². The molecule has 0 saturated heterocycles. The number of carbonyl (C=O) groups excluding carboxylic acids is 1. The topological polar surface area (TPSA) is 29.1 Å². The van der Waals surface area contributed by atoms with E-state index in [-0.39, 0.29) is 6.04 Å². The minimum absolute atomic E-state index is 0.216. The van der Waals surface area contributed by atoms with Gasteiger partial charge in [-0.25, -0.2) is 4.39 Å². The van der Waals surface area contributed by atoms with Gasteiger partial charge in [0.05, 0.1) is 11.1 Å². The first-order chi connectivity index (χ1) is 8.75. The predicted molar refractivity (Wildman–Crippen MR) is 63.2 cm³/mol. The summed E-state index contributed by atoms with van der Waals surface area (Å²) in [5.74, 6) is -1.79. The number of amides is 1. The molecule has 106 valence electrons. The largest absolute Gasteiger partial charge is 0.416 e. The van der Waals surface area contributed by atoms with E-state index in [1.807, 2.05) is 6.92 Å². The molecule has 6 heteroatoms. The quantitative estimate of drug-likeness (QED) is 0.834.